The quantitative estimate of drug-likeness (QED) is 0.725. The molecule has 1 atom stereocenters. The number of rotatable bonds is 2. The zero-order chi connectivity index (χ0) is 19.1. The lowest BCUT2D eigenvalue weighted by molar-refractivity contribution is -0.122. The molecule has 2 aliphatic heterocycles. The smallest absolute Gasteiger partial charge is 0.254 e. The van der Waals surface area contributed by atoms with Crippen LogP contribution in [0.4, 0.5) is 5.69 Å². The number of amides is 2. The minimum atomic E-state index is -0.663. The molecule has 1 fully saturated rings. The van der Waals surface area contributed by atoms with Gasteiger partial charge in [-0.3, -0.25) is 9.59 Å². The van der Waals surface area contributed by atoms with Gasteiger partial charge >= 0.3 is 0 Å². The normalized spacial score (nSPS) is 20.9. The summed E-state index contributed by atoms with van der Waals surface area (Å²) in [5, 5.41) is 3.00. The van der Waals surface area contributed by atoms with Crippen LogP contribution in [0.3, 0.4) is 0 Å². The summed E-state index contributed by atoms with van der Waals surface area (Å²) in [7, 11) is 0. The summed E-state index contributed by atoms with van der Waals surface area (Å²) in [6.45, 7) is 1.03. The van der Waals surface area contributed by atoms with E-state index in [1.165, 1.54) is 0 Å². The topological polar surface area (TPSA) is 78.1 Å². The molecule has 2 amide bonds. The van der Waals surface area contributed by atoms with E-state index in [-0.39, 0.29) is 11.8 Å². The third-order valence-corrected chi connectivity index (χ3v) is 5.82. The molecule has 140 valence electrons. The van der Waals surface area contributed by atoms with Crippen molar-refractivity contribution in [2.45, 2.75) is 18.3 Å². The number of anilines is 1. The van der Waals surface area contributed by atoms with E-state index in [0.717, 1.165) is 29.7 Å². The molecule has 0 bridgehead atoms. The lowest BCUT2D eigenvalue weighted by Crippen LogP contribution is -2.51. The molecule has 28 heavy (non-hydrogen) atoms. The fourth-order valence-corrected chi connectivity index (χ4v) is 4.47. The first kappa shape index (κ1) is 16.7. The molecular formula is C22H20N4O2. The van der Waals surface area contributed by atoms with E-state index in [2.05, 4.69) is 15.3 Å². The molecule has 1 saturated heterocycles. The van der Waals surface area contributed by atoms with E-state index in [1.54, 1.807) is 12.4 Å². The van der Waals surface area contributed by atoms with Gasteiger partial charge in [-0.25, -0.2) is 4.98 Å². The van der Waals surface area contributed by atoms with E-state index in [4.69, 9.17) is 0 Å². The zero-order valence-corrected chi connectivity index (χ0v) is 15.3. The summed E-state index contributed by atoms with van der Waals surface area (Å²) in [4.78, 5) is 35.5. The Morgan fingerprint density at radius 3 is 2.79 bits per heavy atom. The van der Waals surface area contributed by atoms with Gasteiger partial charge in [-0.05, 0) is 30.5 Å². The van der Waals surface area contributed by atoms with Crippen LogP contribution >= 0.6 is 0 Å². The molecule has 5 rings (SSSR count). The van der Waals surface area contributed by atoms with Crippen LogP contribution < -0.4 is 5.32 Å². The van der Waals surface area contributed by atoms with Crippen LogP contribution in [0.15, 0.2) is 60.9 Å². The Hall–Kier alpha value is -3.41. The highest BCUT2D eigenvalue weighted by molar-refractivity contribution is 6.07. The Labute approximate surface area is 162 Å². The Balaban J connectivity index is 1.51. The number of aromatic nitrogens is 2. The molecule has 2 aromatic carbocycles. The van der Waals surface area contributed by atoms with Gasteiger partial charge in [0.1, 0.15) is 5.82 Å². The Morgan fingerprint density at radius 1 is 1.11 bits per heavy atom. The van der Waals surface area contributed by atoms with Gasteiger partial charge < -0.3 is 15.2 Å². The molecule has 6 heteroatoms. The minimum absolute atomic E-state index is 0.00878. The number of carbonyl (C=O) groups is 2. The molecule has 2 aliphatic rings. The number of hydrogen-bond acceptors (Lipinski definition) is 3. The summed E-state index contributed by atoms with van der Waals surface area (Å²) in [6, 6.07) is 15.3. The fourth-order valence-electron chi connectivity index (χ4n) is 4.47. The van der Waals surface area contributed by atoms with E-state index in [9.17, 15) is 9.59 Å². The molecule has 3 aromatic rings. The molecule has 0 radical (unpaired) electrons. The van der Waals surface area contributed by atoms with E-state index in [0.29, 0.717) is 24.5 Å². The van der Waals surface area contributed by atoms with Gasteiger partial charge in [-0.2, -0.15) is 0 Å². The van der Waals surface area contributed by atoms with Crippen LogP contribution in [-0.4, -0.2) is 39.8 Å². The summed E-state index contributed by atoms with van der Waals surface area (Å²) < 4.78 is 0. The van der Waals surface area contributed by atoms with Crippen LogP contribution in [0.1, 0.15) is 28.8 Å². The Kier molecular flexibility index (Phi) is 3.79. The van der Waals surface area contributed by atoms with Crippen LogP contribution in [0, 0.1) is 0 Å². The second-order valence-electron chi connectivity index (χ2n) is 7.40. The number of nitrogens with one attached hydrogen (secondary N) is 2. The minimum Gasteiger partial charge on any atom is -0.345 e. The molecule has 2 N–H and O–H groups in total. The van der Waals surface area contributed by atoms with Crippen LogP contribution in [-0.2, 0) is 10.2 Å². The van der Waals surface area contributed by atoms with Gasteiger partial charge in [0, 0.05) is 36.7 Å². The van der Waals surface area contributed by atoms with Crippen molar-refractivity contribution in [3.63, 3.8) is 0 Å². The molecule has 3 heterocycles. The number of nitrogens with zero attached hydrogens (tertiary/aromatic N) is 2. The highest BCUT2D eigenvalue weighted by atomic mass is 16.2. The molecule has 1 aromatic heterocycles. The van der Waals surface area contributed by atoms with Crippen LogP contribution in [0.25, 0.3) is 11.4 Å². The first-order valence-electron chi connectivity index (χ1n) is 9.48. The maximum Gasteiger partial charge on any atom is 0.254 e. The van der Waals surface area contributed by atoms with Crippen LogP contribution in [0.2, 0.25) is 0 Å². The van der Waals surface area contributed by atoms with Crippen molar-refractivity contribution >= 4 is 17.5 Å². The van der Waals surface area contributed by atoms with Gasteiger partial charge in [0.25, 0.3) is 5.91 Å². The number of H-pyrrole nitrogens is 1. The number of aromatic amines is 1. The molecule has 0 unspecified atom stereocenters. The number of hydrogen-bond donors (Lipinski definition) is 2. The van der Waals surface area contributed by atoms with Crippen molar-refractivity contribution in [1.29, 1.82) is 0 Å². The second kappa shape index (κ2) is 6.34. The molecule has 0 aliphatic carbocycles. The average molecular weight is 372 g/mol. The van der Waals surface area contributed by atoms with Crippen molar-refractivity contribution in [2.75, 3.05) is 18.4 Å². The SMILES string of the molecule is O=C(c1ccccc1-c1ncc[nH]1)N1CCC[C@]2(C1)C(=O)Nc1ccccc12. The van der Waals surface area contributed by atoms with Crippen molar-refractivity contribution in [1.82, 2.24) is 14.9 Å². The first-order valence-corrected chi connectivity index (χ1v) is 9.48. The number of benzene rings is 2. The van der Waals surface area contributed by atoms with E-state index in [1.807, 2.05) is 53.4 Å². The Bertz CT molecular complexity index is 1060. The second-order valence-corrected chi connectivity index (χ2v) is 7.40. The fraction of sp³-hybridized carbons (Fsp3) is 0.227. The van der Waals surface area contributed by atoms with Crippen molar-refractivity contribution in [3.05, 3.63) is 72.1 Å². The van der Waals surface area contributed by atoms with Gasteiger partial charge in [-0.1, -0.05) is 36.4 Å². The van der Waals surface area contributed by atoms with Gasteiger partial charge in [0.15, 0.2) is 0 Å². The predicted octanol–water partition coefficient (Wildman–Crippen LogP) is 3.20. The maximum atomic E-state index is 13.4. The van der Waals surface area contributed by atoms with Gasteiger partial charge in [0.05, 0.1) is 11.0 Å². The highest BCUT2D eigenvalue weighted by Crippen LogP contribution is 2.44. The van der Waals surface area contributed by atoms with Gasteiger partial charge in [-0.15, -0.1) is 0 Å². The van der Waals surface area contributed by atoms with E-state index >= 15 is 0 Å². The van der Waals surface area contributed by atoms with Gasteiger partial charge in [0.2, 0.25) is 5.91 Å². The van der Waals surface area contributed by atoms with E-state index < -0.39 is 5.41 Å². The number of para-hydroxylation sites is 1. The summed E-state index contributed by atoms with van der Waals surface area (Å²) >= 11 is 0. The number of piperidine rings is 1. The number of likely N-dealkylation sites (tertiary alicyclic amines) is 1. The largest absolute Gasteiger partial charge is 0.345 e. The highest BCUT2D eigenvalue weighted by Gasteiger charge is 2.50. The molecule has 1 spiro atoms. The summed E-state index contributed by atoms with van der Waals surface area (Å²) in [5.74, 6) is 0.591. The lowest BCUT2D eigenvalue weighted by atomic mass is 9.75. The summed E-state index contributed by atoms with van der Waals surface area (Å²) in [5.41, 5.74) is 2.56. The molecular weight excluding hydrogens is 352 g/mol. The van der Waals surface area contributed by atoms with Crippen molar-refractivity contribution in [3.8, 4) is 11.4 Å². The third kappa shape index (κ3) is 2.45. The average Bonchev–Trinajstić information content (AvgIpc) is 3.36. The predicted molar refractivity (Wildman–Crippen MR) is 106 cm³/mol. The third-order valence-electron chi connectivity index (χ3n) is 5.82. The molecule has 0 saturated carbocycles. The first-order chi connectivity index (χ1) is 13.7. The van der Waals surface area contributed by atoms with Crippen molar-refractivity contribution < 1.29 is 9.59 Å². The Morgan fingerprint density at radius 2 is 1.93 bits per heavy atom. The zero-order valence-electron chi connectivity index (χ0n) is 15.3. The number of carbonyl (C=O) groups excluding carboxylic acids is 2. The van der Waals surface area contributed by atoms with Crippen molar-refractivity contribution in [2.24, 2.45) is 0 Å². The number of imidazole rings is 1. The standard InChI is InChI=1S/C22H20N4O2/c27-20(16-7-2-1-6-15(16)19-23-11-12-24-19)26-13-5-10-22(14-26)17-8-3-4-9-18(17)25-21(22)28/h1-4,6-9,11-12H,5,10,13-14H2,(H,23,24)(H,25,28)/t22-/m1/s1. The lowest BCUT2D eigenvalue weighted by Gasteiger charge is -2.39. The van der Waals surface area contributed by atoms with Crippen LogP contribution in [0.5, 0.6) is 0 Å². The molecule has 6 nitrogen and oxygen atoms in total. The monoisotopic (exact) mass is 372 g/mol. The number of fused-ring (bicyclic) bond motifs is 2. The maximum absolute atomic E-state index is 13.4. The summed E-state index contributed by atoms with van der Waals surface area (Å²) in [6.07, 6.45) is 4.95.